The van der Waals surface area contributed by atoms with E-state index >= 15 is 0 Å². The van der Waals surface area contributed by atoms with Crippen LogP contribution in [0.2, 0.25) is 5.02 Å². The van der Waals surface area contributed by atoms with Crippen molar-refractivity contribution in [1.29, 1.82) is 0 Å². The number of carbonyl (C=O) groups is 1. The number of pyridine rings is 2. The van der Waals surface area contributed by atoms with Gasteiger partial charge < -0.3 is 16.0 Å². The van der Waals surface area contributed by atoms with Crippen molar-refractivity contribution in [3.63, 3.8) is 0 Å². The highest BCUT2D eigenvalue weighted by Crippen LogP contribution is 2.28. The van der Waals surface area contributed by atoms with E-state index in [2.05, 4.69) is 35.9 Å². The summed E-state index contributed by atoms with van der Waals surface area (Å²) < 4.78 is 27.4. The molecule has 3 N–H and O–H groups in total. The van der Waals surface area contributed by atoms with Gasteiger partial charge in [0, 0.05) is 61.6 Å². The summed E-state index contributed by atoms with van der Waals surface area (Å²) in [5.74, 6) is 0.472. The molecule has 0 saturated heterocycles. The van der Waals surface area contributed by atoms with E-state index in [1.807, 2.05) is 24.3 Å². The zero-order chi connectivity index (χ0) is 28.0. The summed E-state index contributed by atoms with van der Waals surface area (Å²) in [5.41, 5.74) is 3.66. The predicted octanol–water partition coefficient (Wildman–Crippen LogP) is 4.78. The molecule has 39 heavy (non-hydrogen) atoms. The Morgan fingerprint density at radius 2 is 1.64 bits per heavy atom. The molecule has 1 aromatic carbocycles. The van der Waals surface area contributed by atoms with Crippen molar-refractivity contribution in [2.75, 3.05) is 30.8 Å². The largest absolute Gasteiger partial charge is 0.341 e. The highest BCUT2D eigenvalue weighted by Gasteiger charge is 2.25. The summed E-state index contributed by atoms with van der Waals surface area (Å²) in [6, 6.07) is 13.9. The zero-order valence-electron chi connectivity index (χ0n) is 21.5. The first-order valence-corrected chi connectivity index (χ1v) is 13.9. The minimum atomic E-state index is -3.79. The van der Waals surface area contributed by atoms with Crippen molar-refractivity contribution in [2.45, 2.75) is 18.7 Å². The van der Waals surface area contributed by atoms with E-state index in [0.29, 0.717) is 24.5 Å². The second-order valence-corrected chi connectivity index (χ2v) is 10.5. The highest BCUT2D eigenvalue weighted by atomic mass is 35.5. The van der Waals surface area contributed by atoms with Crippen LogP contribution >= 0.6 is 11.6 Å². The lowest BCUT2D eigenvalue weighted by Crippen LogP contribution is -2.30. The topological polar surface area (TPSA) is 142 Å². The van der Waals surface area contributed by atoms with Crippen LogP contribution in [-0.4, -0.2) is 58.8 Å². The summed E-state index contributed by atoms with van der Waals surface area (Å²) in [4.78, 5) is 29.0. The number of urea groups is 1. The van der Waals surface area contributed by atoms with Gasteiger partial charge in [-0.3, -0.25) is 4.98 Å². The molecule has 11 nitrogen and oxygen atoms in total. The van der Waals surface area contributed by atoms with Gasteiger partial charge in [-0.05, 0) is 30.3 Å². The number of hydrogen-bond acceptors (Lipinski definition) is 8. The van der Waals surface area contributed by atoms with Gasteiger partial charge in [0.15, 0.2) is 0 Å². The van der Waals surface area contributed by atoms with Crippen LogP contribution in [0.25, 0.3) is 22.5 Å². The molecule has 3 aromatic heterocycles. The van der Waals surface area contributed by atoms with E-state index < -0.39 is 10.0 Å². The van der Waals surface area contributed by atoms with E-state index in [4.69, 9.17) is 11.6 Å². The molecule has 0 atom stereocenters. The Kier molecular flexibility index (Phi) is 8.69. The molecule has 202 valence electrons. The number of amides is 2. The van der Waals surface area contributed by atoms with Gasteiger partial charge in [-0.1, -0.05) is 37.6 Å². The minimum absolute atomic E-state index is 0.0314. The van der Waals surface area contributed by atoms with E-state index in [1.54, 1.807) is 51.5 Å². The maximum Gasteiger partial charge on any atom is 0.318 e. The molecule has 0 fully saturated rings. The van der Waals surface area contributed by atoms with Crippen LogP contribution in [0.15, 0.2) is 72.0 Å². The van der Waals surface area contributed by atoms with Crippen LogP contribution < -0.4 is 16.0 Å². The van der Waals surface area contributed by atoms with Gasteiger partial charge in [0.2, 0.25) is 16.0 Å². The maximum absolute atomic E-state index is 13.0. The lowest BCUT2D eigenvalue weighted by molar-refractivity contribution is 0.254. The molecule has 0 radical (unpaired) electrons. The molecule has 4 aromatic rings. The van der Waals surface area contributed by atoms with Gasteiger partial charge in [-0.2, -0.15) is 4.31 Å². The Bertz CT molecular complexity index is 1580. The van der Waals surface area contributed by atoms with Gasteiger partial charge in [0.1, 0.15) is 10.7 Å². The molecular formula is C26H27ClN8O3S. The predicted molar refractivity (Wildman–Crippen MR) is 151 cm³/mol. The van der Waals surface area contributed by atoms with Crippen LogP contribution in [-0.2, 0) is 10.0 Å². The first-order chi connectivity index (χ1) is 18.7. The molecule has 0 aliphatic heterocycles. The summed E-state index contributed by atoms with van der Waals surface area (Å²) in [6.07, 6.45) is 4.56. The third kappa shape index (κ3) is 6.48. The third-order valence-corrected chi connectivity index (χ3v) is 8.26. The van der Waals surface area contributed by atoms with Crippen LogP contribution in [0.4, 0.5) is 22.2 Å². The number of benzene rings is 1. The highest BCUT2D eigenvalue weighted by molar-refractivity contribution is 7.89. The van der Waals surface area contributed by atoms with Gasteiger partial charge in [-0.25, -0.2) is 28.2 Å². The maximum atomic E-state index is 13.0. The van der Waals surface area contributed by atoms with E-state index in [-0.39, 0.29) is 27.7 Å². The van der Waals surface area contributed by atoms with Crippen molar-refractivity contribution in [2.24, 2.45) is 0 Å². The number of nitrogens with zero attached hydrogens (tertiary/aromatic N) is 5. The summed E-state index contributed by atoms with van der Waals surface area (Å²) in [5, 5.41) is 8.23. The second kappa shape index (κ2) is 12.2. The summed E-state index contributed by atoms with van der Waals surface area (Å²) in [7, 11) is -2.24. The van der Waals surface area contributed by atoms with Crippen LogP contribution in [0.1, 0.15) is 13.8 Å². The summed E-state index contributed by atoms with van der Waals surface area (Å²) >= 11 is 6.20. The first-order valence-electron chi connectivity index (χ1n) is 12.1. The fraction of sp³-hybridized carbons (Fsp3) is 0.192. The van der Waals surface area contributed by atoms with Crippen molar-refractivity contribution in [3.8, 4) is 22.5 Å². The number of halogens is 1. The van der Waals surface area contributed by atoms with Gasteiger partial charge in [-0.15, -0.1) is 0 Å². The van der Waals surface area contributed by atoms with Crippen LogP contribution in [0.3, 0.4) is 0 Å². The first kappa shape index (κ1) is 27.9. The fourth-order valence-corrected chi connectivity index (χ4v) is 5.66. The smallest absolute Gasteiger partial charge is 0.318 e. The lowest BCUT2D eigenvalue weighted by Gasteiger charge is -2.19. The normalized spacial score (nSPS) is 11.3. The SMILES string of the molecule is CCN(CC)S(=O)(=O)c1cc(Nc2nccc(-c3ccnc(-c4ccc(NC(=O)NC)cc4)c3)n2)ncc1Cl. The second-order valence-electron chi connectivity index (χ2n) is 8.19. The van der Waals surface area contributed by atoms with Crippen molar-refractivity contribution in [1.82, 2.24) is 29.6 Å². The molecule has 0 saturated carbocycles. The molecule has 4 rings (SSSR count). The number of nitrogens with one attached hydrogen (secondary N) is 3. The Hall–Kier alpha value is -4.13. The van der Waals surface area contributed by atoms with Gasteiger partial charge in [0.05, 0.1) is 16.4 Å². The number of hydrogen-bond donors (Lipinski definition) is 3. The van der Waals surface area contributed by atoms with Crippen molar-refractivity contribution in [3.05, 3.63) is 72.1 Å². The van der Waals surface area contributed by atoms with E-state index in [1.165, 1.54) is 16.6 Å². The average molecular weight is 567 g/mol. The molecule has 3 heterocycles. The van der Waals surface area contributed by atoms with Crippen LogP contribution in [0.5, 0.6) is 0 Å². The average Bonchev–Trinajstić information content (AvgIpc) is 2.95. The number of aromatic nitrogens is 4. The molecule has 2 amide bonds. The minimum Gasteiger partial charge on any atom is -0.341 e. The van der Waals surface area contributed by atoms with Crippen molar-refractivity contribution >= 4 is 45.1 Å². The summed E-state index contributed by atoms with van der Waals surface area (Å²) in [6.45, 7) is 4.16. The zero-order valence-corrected chi connectivity index (χ0v) is 23.1. The molecule has 0 unspecified atom stereocenters. The van der Waals surface area contributed by atoms with Crippen molar-refractivity contribution < 1.29 is 13.2 Å². The van der Waals surface area contributed by atoms with E-state index in [9.17, 15) is 13.2 Å². The quantitative estimate of drug-likeness (QED) is 0.263. The van der Waals surface area contributed by atoms with Gasteiger partial charge in [0.25, 0.3) is 0 Å². The third-order valence-electron chi connectivity index (χ3n) is 5.76. The lowest BCUT2D eigenvalue weighted by atomic mass is 10.1. The molecule has 0 aliphatic carbocycles. The van der Waals surface area contributed by atoms with Gasteiger partial charge >= 0.3 is 6.03 Å². The fourth-order valence-electron chi connectivity index (χ4n) is 3.75. The standard InChI is InChI=1S/C26H27ClN8O3S/c1-4-35(5-2)39(37,38)23-15-24(31-16-20(23)27)34-25-30-13-11-21(33-25)18-10-12-29-22(14-18)17-6-8-19(9-7-17)32-26(36)28-3/h6-16H,4-5H2,1-3H3,(H2,28,32,36)(H,30,31,33,34). The van der Waals surface area contributed by atoms with Crippen LogP contribution in [0, 0.1) is 0 Å². The Morgan fingerprint density at radius 1 is 0.923 bits per heavy atom. The molecule has 13 heteroatoms. The Balaban J connectivity index is 1.58. The Morgan fingerprint density at radius 3 is 2.33 bits per heavy atom. The Labute approximate surface area is 231 Å². The molecule has 0 bridgehead atoms. The number of rotatable bonds is 9. The molecular weight excluding hydrogens is 540 g/mol. The number of anilines is 3. The molecule has 0 aliphatic rings. The van der Waals surface area contributed by atoms with E-state index in [0.717, 1.165) is 16.8 Å². The number of carbonyl (C=O) groups excluding carboxylic acids is 1. The molecule has 0 spiro atoms. The monoisotopic (exact) mass is 566 g/mol. The number of sulfonamides is 1.